The number of hydrogen-bond donors (Lipinski definition) is 2. The SMILES string of the molecule is CCCNc1nccc(C(=O)NC2CC(C)C2)c1F. The highest BCUT2D eigenvalue weighted by Gasteiger charge is 2.28. The Balaban J connectivity index is 2.04. The Morgan fingerprint density at radius 3 is 2.89 bits per heavy atom. The van der Waals surface area contributed by atoms with Gasteiger partial charge in [-0.1, -0.05) is 13.8 Å². The first kappa shape index (κ1) is 13.8. The maximum Gasteiger partial charge on any atom is 0.254 e. The third-order valence-electron chi connectivity index (χ3n) is 3.39. The number of pyridine rings is 1. The first-order valence-corrected chi connectivity index (χ1v) is 6.81. The first-order chi connectivity index (χ1) is 9.11. The Morgan fingerprint density at radius 2 is 2.26 bits per heavy atom. The summed E-state index contributed by atoms with van der Waals surface area (Å²) >= 11 is 0. The number of hydrogen-bond acceptors (Lipinski definition) is 3. The molecule has 1 amide bonds. The highest BCUT2D eigenvalue weighted by molar-refractivity contribution is 5.95. The lowest BCUT2D eigenvalue weighted by Gasteiger charge is -2.33. The molecule has 2 N–H and O–H groups in total. The largest absolute Gasteiger partial charge is 0.368 e. The van der Waals surface area contributed by atoms with Crippen LogP contribution in [0.2, 0.25) is 0 Å². The average Bonchev–Trinajstić information content (AvgIpc) is 2.35. The molecule has 1 aliphatic rings. The maximum absolute atomic E-state index is 14.1. The van der Waals surface area contributed by atoms with Crippen molar-refractivity contribution in [1.82, 2.24) is 10.3 Å². The lowest BCUT2D eigenvalue weighted by Crippen LogP contribution is -2.43. The average molecular weight is 265 g/mol. The minimum absolute atomic E-state index is 0.0631. The highest BCUT2D eigenvalue weighted by Crippen LogP contribution is 2.26. The zero-order valence-corrected chi connectivity index (χ0v) is 11.4. The van der Waals surface area contributed by atoms with Gasteiger partial charge in [0.25, 0.3) is 5.91 Å². The third kappa shape index (κ3) is 3.22. The fourth-order valence-electron chi connectivity index (χ4n) is 2.27. The van der Waals surface area contributed by atoms with E-state index in [2.05, 4.69) is 22.5 Å². The van der Waals surface area contributed by atoms with Crippen molar-refractivity contribution in [1.29, 1.82) is 0 Å². The molecule has 0 saturated heterocycles. The highest BCUT2D eigenvalue weighted by atomic mass is 19.1. The number of nitrogens with one attached hydrogen (secondary N) is 2. The molecular weight excluding hydrogens is 245 g/mol. The third-order valence-corrected chi connectivity index (χ3v) is 3.39. The van der Waals surface area contributed by atoms with E-state index in [0.29, 0.717) is 12.5 Å². The number of anilines is 1. The number of nitrogens with zero attached hydrogens (tertiary/aromatic N) is 1. The van der Waals surface area contributed by atoms with E-state index in [-0.39, 0.29) is 23.3 Å². The van der Waals surface area contributed by atoms with Crippen LogP contribution in [0.1, 0.15) is 43.5 Å². The van der Waals surface area contributed by atoms with Gasteiger partial charge in [-0.05, 0) is 31.2 Å². The van der Waals surface area contributed by atoms with Gasteiger partial charge >= 0.3 is 0 Å². The summed E-state index contributed by atoms with van der Waals surface area (Å²) in [5.41, 5.74) is 0.0631. The van der Waals surface area contributed by atoms with Crippen LogP contribution in [0, 0.1) is 11.7 Å². The Labute approximate surface area is 112 Å². The quantitative estimate of drug-likeness (QED) is 0.860. The van der Waals surface area contributed by atoms with E-state index in [1.54, 1.807) is 0 Å². The number of halogens is 1. The lowest BCUT2D eigenvalue weighted by molar-refractivity contribution is 0.0892. The number of carbonyl (C=O) groups excluding carboxylic acids is 1. The van der Waals surface area contributed by atoms with Crippen LogP contribution in [0.5, 0.6) is 0 Å². The summed E-state index contributed by atoms with van der Waals surface area (Å²) in [4.78, 5) is 15.9. The second kappa shape index (κ2) is 5.99. The van der Waals surface area contributed by atoms with Gasteiger partial charge in [-0.15, -0.1) is 0 Å². The van der Waals surface area contributed by atoms with Gasteiger partial charge in [-0.25, -0.2) is 9.37 Å². The Morgan fingerprint density at radius 1 is 1.53 bits per heavy atom. The smallest absolute Gasteiger partial charge is 0.254 e. The van der Waals surface area contributed by atoms with Gasteiger partial charge in [0.2, 0.25) is 0 Å². The van der Waals surface area contributed by atoms with Crippen LogP contribution in [-0.2, 0) is 0 Å². The molecule has 1 aromatic rings. The van der Waals surface area contributed by atoms with Crippen molar-refractivity contribution < 1.29 is 9.18 Å². The van der Waals surface area contributed by atoms with E-state index >= 15 is 0 Å². The molecule has 0 aromatic carbocycles. The minimum Gasteiger partial charge on any atom is -0.368 e. The molecule has 1 heterocycles. The van der Waals surface area contributed by atoms with Crippen LogP contribution in [0.3, 0.4) is 0 Å². The summed E-state index contributed by atoms with van der Waals surface area (Å²) in [6.07, 6.45) is 4.27. The molecule has 5 heteroatoms. The van der Waals surface area contributed by atoms with Gasteiger partial charge < -0.3 is 10.6 Å². The molecule has 4 nitrogen and oxygen atoms in total. The molecule has 0 bridgehead atoms. The molecule has 19 heavy (non-hydrogen) atoms. The zero-order chi connectivity index (χ0) is 13.8. The summed E-state index contributed by atoms with van der Waals surface area (Å²) in [5.74, 6) is -0.122. The summed E-state index contributed by atoms with van der Waals surface area (Å²) in [7, 11) is 0. The van der Waals surface area contributed by atoms with E-state index in [1.165, 1.54) is 12.3 Å². The molecule has 1 aromatic heterocycles. The second-order valence-corrected chi connectivity index (χ2v) is 5.19. The van der Waals surface area contributed by atoms with Gasteiger partial charge in [-0.2, -0.15) is 0 Å². The summed E-state index contributed by atoms with van der Waals surface area (Å²) in [6, 6.07) is 1.60. The number of carbonyl (C=O) groups is 1. The molecule has 1 fully saturated rings. The first-order valence-electron chi connectivity index (χ1n) is 6.81. The lowest BCUT2D eigenvalue weighted by atomic mass is 9.82. The van der Waals surface area contributed by atoms with Crippen molar-refractivity contribution >= 4 is 11.7 Å². The molecule has 104 valence electrons. The normalized spacial score (nSPS) is 21.6. The molecule has 0 spiro atoms. The van der Waals surface area contributed by atoms with Crippen LogP contribution >= 0.6 is 0 Å². The van der Waals surface area contributed by atoms with Crippen LogP contribution < -0.4 is 10.6 Å². The van der Waals surface area contributed by atoms with E-state index in [9.17, 15) is 9.18 Å². The van der Waals surface area contributed by atoms with Gasteiger partial charge in [0.15, 0.2) is 11.6 Å². The molecular formula is C14H20FN3O. The van der Waals surface area contributed by atoms with Gasteiger partial charge in [0, 0.05) is 18.8 Å². The fourth-order valence-corrected chi connectivity index (χ4v) is 2.27. The zero-order valence-electron chi connectivity index (χ0n) is 11.4. The van der Waals surface area contributed by atoms with Crippen molar-refractivity contribution in [3.05, 3.63) is 23.6 Å². The molecule has 0 unspecified atom stereocenters. The molecule has 0 atom stereocenters. The van der Waals surface area contributed by atoms with E-state index in [1.807, 2.05) is 6.92 Å². The predicted octanol–water partition coefficient (Wildman–Crippen LogP) is 2.57. The van der Waals surface area contributed by atoms with Gasteiger partial charge in [0.05, 0.1) is 5.56 Å². The van der Waals surface area contributed by atoms with Crippen LogP contribution in [0.4, 0.5) is 10.2 Å². The van der Waals surface area contributed by atoms with E-state index in [0.717, 1.165) is 19.3 Å². The van der Waals surface area contributed by atoms with Crippen LogP contribution in [0.15, 0.2) is 12.3 Å². The maximum atomic E-state index is 14.1. The Bertz CT molecular complexity index is 458. The molecule has 0 aliphatic heterocycles. The summed E-state index contributed by atoms with van der Waals surface area (Å²) < 4.78 is 14.1. The van der Waals surface area contributed by atoms with Crippen LogP contribution in [-0.4, -0.2) is 23.5 Å². The number of aromatic nitrogens is 1. The van der Waals surface area contributed by atoms with Crippen LogP contribution in [0.25, 0.3) is 0 Å². The summed E-state index contributed by atoms with van der Waals surface area (Å²) in [5, 5.41) is 5.73. The van der Waals surface area contributed by atoms with E-state index in [4.69, 9.17) is 0 Å². The summed E-state index contributed by atoms with van der Waals surface area (Å²) in [6.45, 7) is 4.76. The molecule has 0 radical (unpaired) electrons. The minimum atomic E-state index is -0.569. The van der Waals surface area contributed by atoms with Crippen molar-refractivity contribution in [2.45, 2.75) is 39.2 Å². The Kier molecular flexibility index (Phi) is 4.35. The Hall–Kier alpha value is -1.65. The van der Waals surface area contributed by atoms with Gasteiger partial charge in [0.1, 0.15) is 0 Å². The predicted molar refractivity (Wildman–Crippen MR) is 72.6 cm³/mol. The van der Waals surface area contributed by atoms with Crippen molar-refractivity contribution in [3.8, 4) is 0 Å². The second-order valence-electron chi connectivity index (χ2n) is 5.19. The van der Waals surface area contributed by atoms with Gasteiger partial charge in [-0.3, -0.25) is 4.79 Å². The standard InChI is InChI=1S/C14H20FN3O/c1-3-5-16-13-12(15)11(4-6-17-13)14(19)18-10-7-9(2)8-10/h4,6,9-10H,3,5,7-8H2,1-2H3,(H,16,17)(H,18,19). The molecule has 2 rings (SSSR count). The number of rotatable bonds is 5. The monoisotopic (exact) mass is 265 g/mol. The molecule has 1 aliphatic carbocycles. The van der Waals surface area contributed by atoms with E-state index < -0.39 is 5.82 Å². The van der Waals surface area contributed by atoms with Crippen molar-refractivity contribution in [2.24, 2.45) is 5.92 Å². The number of amides is 1. The van der Waals surface area contributed by atoms with Crippen molar-refractivity contribution in [3.63, 3.8) is 0 Å². The molecule has 1 saturated carbocycles. The topological polar surface area (TPSA) is 54.0 Å². The fraction of sp³-hybridized carbons (Fsp3) is 0.571. The van der Waals surface area contributed by atoms with Crippen molar-refractivity contribution in [2.75, 3.05) is 11.9 Å².